The number of nitrogens with zero attached hydrogens (tertiary/aromatic N) is 3. The van der Waals surface area contributed by atoms with E-state index in [1.165, 1.54) is 11.3 Å². The van der Waals surface area contributed by atoms with Gasteiger partial charge in [0.1, 0.15) is 0 Å². The van der Waals surface area contributed by atoms with Crippen molar-refractivity contribution >= 4 is 38.3 Å². The van der Waals surface area contributed by atoms with Gasteiger partial charge in [-0.25, -0.2) is 0 Å². The standard InChI is InChI=1S/C9H13BrN4O2S/c10-8-12-13-9(17-8)11-2-1-7(15)14-3-5-16-6-4-14/h1-6H2,(H,11,13). The number of anilines is 1. The van der Waals surface area contributed by atoms with Crippen LogP contribution in [0.25, 0.3) is 0 Å². The maximum absolute atomic E-state index is 11.8. The van der Waals surface area contributed by atoms with E-state index in [0.29, 0.717) is 39.3 Å². The molecule has 1 aliphatic rings. The van der Waals surface area contributed by atoms with Crippen LogP contribution in [0, 0.1) is 0 Å². The Morgan fingerprint density at radius 2 is 2.24 bits per heavy atom. The van der Waals surface area contributed by atoms with E-state index < -0.39 is 0 Å². The quantitative estimate of drug-likeness (QED) is 0.895. The number of halogens is 1. The van der Waals surface area contributed by atoms with Crippen molar-refractivity contribution in [3.05, 3.63) is 3.92 Å². The zero-order valence-electron chi connectivity index (χ0n) is 9.19. The summed E-state index contributed by atoms with van der Waals surface area (Å²) < 4.78 is 5.93. The molecule has 0 radical (unpaired) electrons. The predicted octanol–water partition coefficient (Wildman–Crippen LogP) is 0.961. The summed E-state index contributed by atoms with van der Waals surface area (Å²) in [5, 5.41) is 11.5. The highest BCUT2D eigenvalue weighted by molar-refractivity contribution is 9.11. The van der Waals surface area contributed by atoms with E-state index in [2.05, 4.69) is 31.4 Å². The molecule has 0 bridgehead atoms. The molecule has 0 aromatic carbocycles. The van der Waals surface area contributed by atoms with Crippen molar-refractivity contribution < 1.29 is 9.53 Å². The Morgan fingerprint density at radius 3 is 2.88 bits per heavy atom. The van der Waals surface area contributed by atoms with Gasteiger partial charge >= 0.3 is 0 Å². The van der Waals surface area contributed by atoms with E-state index in [4.69, 9.17) is 4.74 Å². The molecule has 6 nitrogen and oxygen atoms in total. The molecule has 1 amide bonds. The topological polar surface area (TPSA) is 67.4 Å². The van der Waals surface area contributed by atoms with E-state index in [1.807, 2.05) is 4.90 Å². The summed E-state index contributed by atoms with van der Waals surface area (Å²) in [5.41, 5.74) is 0. The first-order valence-electron chi connectivity index (χ1n) is 5.34. The molecule has 1 aromatic heterocycles. The maximum atomic E-state index is 11.8. The number of rotatable bonds is 4. The van der Waals surface area contributed by atoms with Gasteiger partial charge in [0.2, 0.25) is 11.0 Å². The molecule has 0 aliphatic carbocycles. The third-order valence-corrected chi connectivity index (χ3v) is 3.69. The number of hydrogen-bond donors (Lipinski definition) is 1. The van der Waals surface area contributed by atoms with Crippen molar-refractivity contribution in [3.8, 4) is 0 Å². The summed E-state index contributed by atoms with van der Waals surface area (Å²) in [4.78, 5) is 13.6. The molecule has 1 fully saturated rings. The number of carbonyl (C=O) groups excluding carboxylic acids is 1. The fraction of sp³-hybridized carbons (Fsp3) is 0.667. The SMILES string of the molecule is O=C(CCNc1nnc(Br)s1)N1CCOCC1. The Hall–Kier alpha value is -0.730. The monoisotopic (exact) mass is 320 g/mol. The Labute approximate surface area is 111 Å². The van der Waals surface area contributed by atoms with E-state index in [-0.39, 0.29) is 5.91 Å². The lowest BCUT2D eigenvalue weighted by molar-refractivity contribution is -0.134. The van der Waals surface area contributed by atoms with Gasteiger partial charge in [0.15, 0.2) is 3.92 Å². The molecule has 0 unspecified atom stereocenters. The van der Waals surface area contributed by atoms with Gasteiger partial charge in [-0.2, -0.15) is 0 Å². The zero-order chi connectivity index (χ0) is 12.1. The summed E-state index contributed by atoms with van der Waals surface area (Å²) in [6.07, 6.45) is 0.469. The summed E-state index contributed by atoms with van der Waals surface area (Å²) >= 11 is 4.64. The van der Waals surface area contributed by atoms with Gasteiger partial charge in [-0.15, -0.1) is 10.2 Å². The normalized spacial score (nSPS) is 15.9. The Balaban J connectivity index is 1.69. The average Bonchev–Trinajstić information content (AvgIpc) is 2.76. The second-order valence-corrected chi connectivity index (χ2v) is 5.78. The maximum Gasteiger partial charge on any atom is 0.224 e. The molecular formula is C9H13BrN4O2S. The molecule has 1 saturated heterocycles. The van der Waals surface area contributed by atoms with Crippen LogP contribution in [-0.4, -0.2) is 53.9 Å². The fourth-order valence-corrected chi connectivity index (χ4v) is 2.56. The molecule has 0 saturated carbocycles. The van der Waals surface area contributed by atoms with Gasteiger partial charge in [0.05, 0.1) is 13.2 Å². The van der Waals surface area contributed by atoms with E-state index in [0.717, 1.165) is 9.05 Å². The molecular weight excluding hydrogens is 308 g/mol. The first kappa shape index (κ1) is 12.7. The molecule has 2 heterocycles. The molecule has 17 heavy (non-hydrogen) atoms. The third-order valence-electron chi connectivity index (χ3n) is 2.38. The van der Waals surface area contributed by atoms with Crippen LogP contribution in [0.4, 0.5) is 5.13 Å². The predicted molar refractivity (Wildman–Crippen MR) is 68.1 cm³/mol. The second kappa shape index (κ2) is 6.27. The van der Waals surface area contributed by atoms with Crippen molar-refractivity contribution in [2.45, 2.75) is 6.42 Å². The van der Waals surface area contributed by atoms with Crippen LogP contribution in [0.2, 0.25) is 0 Å². The van der Waals surface area contributed by atoms with Crippen molar-refractivity contribution in [3.63, 3.8) is 0 Å². The second-order valence-electron chi connectivity index (χ2n) is 3.53. The fourth-order valence-electron chi connectivity index (χ4n) is 1.52. The first-order valence-corrected chi connectivity index (χ1v) is 6.95. The lowest BCUT2D eigenvalue weighted by Crippen LogP contribution is -2.41. The van der Waals surface area contributed by atoms with Crippen molar-refractivity contribution in [1.29, 1.82) is 0 Å². The van der Waals surface area contributed by atoms with Gasteiger partial charge < -0.3 is 15.0 Å². The number of carbonyl (C=O) groups is 1. The Morgan fingerprint density at radius 1 is 1.47 bits per heavy atom. The number of hydrogen-bond acceptors (Lipinski definition) is 6. The molecule has 1 aromatic rings. The number of aromatic nitrogens is 2. The summed E-state index contributed by atoms with van der Waals surface area (Å²) in [5.74, 6) is 0.157. The smallest absolute Gasteiger partial charge is 0.224 e. The highest BCUT2D eigenvalue weighted by Gasteiger charge is 2.16. The van der Waals surface area contributed by atoms with Gasteiger partial charge in [0.25, 0.3) is 0 Å². The summed E-state index contributed by atoms with van der Waals surface area (Å²) in [6, 6.07) is 0. The largest absolute Gasteiger partial charge is 0.378 e. The van der Waals surface area contributed by atoms with Crippen LogP contribution in [0.1, 0.15) is 6.42 Å². The molecule has 8 heteroatoms. The van der Waals surface area contributed by atoms with E-state index >= 15 is 0 Å². The lowest BCUT2D eigenvalue weighted by atomic mass is 10.3. The first-order chi connectivity index (χ1) is 8.25. The van der Waals surface area contributed by atoms with Crippen molar-refractivity contribution in [2.24, 2.45) is 0 Å². The van der Waals surface area contributed by atoms with Crippen LogP contribution in [0.15, 0.2) is 3.92 Å². The highest BCUT2D eigenvalue weighted by Crippen LogP contribution is 2.19. The van der Waals surface area contributed by atoms with Crippen LogP contribution in [0.3, 0.4) is 0 Å². The Kier molecular flexibility index (Phi) is 4.69. The van der Waals surface area contributed by atoms with Crippen molar-refractivity contribution in [2.75, 3.05) is 38.2 Å². The molecule has 1 aliphatic heterocycles. The molecule has 0 spiro atoms. The van der Waals surface area contributed by atoms with Crippen molar-refractivity contribution in [1.82, 2.24) is 15.1 Å². The van der Waals surface area contributed by atoms with Crippen LogP contribution in [-0.2, 0) is 9.53 Å². The number of morpholine rings is 1. The summed E-state index contributed by atoms with van der Waals surface area (Å²) in [7, 11) is 0. The third kappa shape index (κ3) is 3.90. The zero-order valence-corrected chi connectivity index (χ0v) is 11.6. The highest BCUT2D eigenvalue weighted by atomic mass is 79.9. The Bertz CT molecular complexity index is 381. The van der Waals surface area contributed by atoms with Gasteiger partial charge in [0, 0.05) is 26.1 Å². The van der Waals surface area contributed by atoms with E-state index in [9.17, 15) is 4.79 Å². The van der Waals surface area contributed by atoms with Gasteiger partial charge in [-0.1, -0.05) is 11.3 Å². The number of amides is 1. The summed E-state index contributed by atoms with van der Waals surface area (Å²) in [6.45, 7) is 3.26. The van der Waals surface area contributed by atoms with E-state index in [1.54, 1.807) is 0 Å². The average molecular weight is 321 g/mol. The minimum absolute atomic E-state index is 0.157. The minimum atomic E-state index is 0.157. The minimum Gasteiger partial charge on any atom is -0.378 e. The molecule has 0 atom stereocenters. The lowest BCUT2D eigenvalue weighted by Gasteiger charge is -2.26. The number of nitrogens with one attached hydrogen (secondary N) is 1. The van der Waals surface area contributed by atoms with Crippen LogP contribution in [0.5, 0.6) is 0 Å². The molecule has 1 N–H and O–H groups in total. The van der Waals surface area contributed by atoms with Crippen LogP contribution >= 0.6 is 27.3 Å². The van der Waals surface area contributed by atoms with Gasteiger partial charge in [-0.3, -0.25) is 4.79 Å². The number of ether oxygens (including phenoxy) is 1. The van der Waals surface area contributed by atoms with Crippen LogP contribution < -0.4 is 5.32 Å². The molecule has 94 valence electrons. The molecule has 2 rings (SSSR count). The van der Waals surface area contributed by atoms with Gasteiger partial charge in [-0.05, 0) is 15.9 Å².